The van der Waals surface area contributed by atoms with Crippen LogP contribution >= 0.6 is 23.2 Å². The molecule has 168 valence electrons. The van der Waals surface area contributed by atoms with E-state index in [1.54, 1.807) is 12.1 Å². The number of carbonyl (C=O) groups is 2. The molecule has 12 heteroatoms. The van der Waals surface area contributed by atoms with Gasteiger partial charge in [-0.15, -0.1) is 0 Å². The van der Waals surface area contributed by atoms with Crippen molar-refractivity contribution in [2.45, 2.75) is 0 Å². The van der Waals surface area contributed by atoms with Gasteiger partial charge < -0.3 is 19.2 Å². The summed E-state index contributed by atoms with van der Waals surface area (Å²) in [5.41, 5.74) is 1.75. The molecule has 4 rings (SSSR count). The number of ether oxygens (including phenoxy) is 3. The number of amides is 1. The van der Waals surface area contributed by atoms with Crippen molar-refractivity contribution in [1.82, 2.24) is 19.9 Å². The van der Waals surface area contributed by atoms with Crippen LogP contribution in [0.3, 0.4) is 0 Å². The van der Waals surface area contributed by atoms with Crippen molar-refractivity contribution in [2.75, 3.05) is 19.5 Å². The molecule has 0 saturated carbocycles. The summed E-state index contributed by atoms with van der Waals surface area (Å²) in [5, 5.41) is 2.90. The van der Waals surface area contributed by atoms with Gasteiger partial charge in [0.2, 0.25) is 5.95 Å². The number of imidazole rings is 1. The average Bonchev–Trinajstić information content (AvgIpc) is 3.28. The fraction of sp³-hybridized carbons (Fsp3) is 0.0952. The zero-order valence-electron chi connectivity index (χ0n) is 17.2. The molecule has 0 unspecified atom stereocenters. The number of benzene rings is 2. The molecule has 33 heavy (non-hydrogen) atoms. The molecule has 10 nitrogen and oxygen atoms in total. The molecule has 1 amide bonds. The summed E-state index contributed by atoms with van der Waals surface area (Å²) in [6.07, 6.45) is 3.97. The molecule has 0 aliphatic carbocycles. The molecule has 2 N–H and O–H groups in total. The highest BCUT2D eigenvalue weighted by molar-refractivity contribution is 6.41. The van der Waals surface area contributed by atoms with Gasteiger partial charge in [-0.3, -0.25) is 15.1 Å². The molecular formula is C21H15Cl2N5O5. The van der Waals surface area contributed by atoms with E-state index in [1.807, 2.05) is 0 Å². The molecule has 0 aliphatic heterocycles. The fourth-order valence-electron chi connectivity index (χ4n) is 3.12. The van der Waals surface area contributed by atoms with Crippen LogP contribution in [0.15, 0.2) is 36.8 Å². The van der Waals surface area contributed by atoms with E-state index in [0.29, 0.717) is 34.4 Å². The van der Waals surface area contributed by atoms with Crippen LogP contribution in [-0.4, -0.2) is 46.5 Å². The Hall–Kier alpha value is -3.89. The van der Waals surface area contributed by atoms with Crippen LogP contribution < -0.4 is 19.5 Å². The van der Waals surface area contributed by atoms with E-state index in [-0.39, 0.29) is 33.0 Å². The second-order valence-electron chi connectivity index (χ2n) is 6.46. The lowest BCUT2D eigenvalue weighted by Crippen LogP contribution is -2.18. The van der Waals surface area contributed by atoms with Gasteiger partial charge in [-0.1, -0.05) is 23.2 Å². The van der Waals surface area contributed by atoms with Gasteiger partial charge in [-0.2, -0.15) is 0 Å². The molecule has 0 spiro atoms. The lowest BCUT2D eigenvalue weighted by Gasteiger charge is -2.16. The Morgan fingerprint density at radius 3 is 2.30 bits per heavy atom. The molecule has 0 saturated heterocycles. The second kappa shape index (κ2) is 9.31. The third kappa shape index (κ3) is 4.26. The standard InChI is InChI=1S/C21H15Cl2N5O5/c1-31-13-7-14(32-2)17(23)15(16(13)22)11-3-4-12(19-18(11)24-5-6-25-19)33-21(30)28-20-26-8-10(9-29)27-20/h3-9H,1-2H3,(H2,26,27,28,30). The first-order valence-corrected chi connectivity index (χ1v) is 10.1. The van der Waals surface area contributed by atoms with Crippen molar-refractivity contribution in [3.8, 4) is 28.4 Å². The Morgan fingerprint density at radius 2 is 1.70 bits per heavy atom. The van der Waals surface area contributed by atoms with Crippen molar-refractivity contribution in [1.29, 1.82) is 0 Å². The minimum absolute atomic E-state index is 0.0520. The Bertz CT molecular complexity index is 1350. The SMILES string of the molecule is COc1cc(OC)c(Cl)c(-c2ccc(OC(=O)Nc3nc(C=O)c[nH]3)c3nccnc23)c1Cl. The number of H-pyrrole nitrogens is 1. The number of rotatable bonds is 6. The number of aromatic nitrogens is 4. The number of aldehydes is 1. The van der Waals surface area contributed by atoms with E-state index in [2.05, 4.69) is 25.3 Å². The normalized spacial score (nSPS) is 10.7. The van der Waals surface area contributed by atoms with Crippen LogP contribution in [0.4, 0.5) is 10.7 Å². The lowest BCUT2D eigenvalue weighted by atomic mass is 10.0. The third-order valence-electron chi connectivity index (χ3n) is 4.57. The van der Waals surface area contributed by atoms with Crippen LogP contribution in [0.2, 0.25) is 10.0 Å². The number of nitrogens with zero attached hydrogens (tertiary/aromatic N) is 3. The molecule has 2 aromatic heterocycles. The maximum Gasteiger partial charge on any atom is 0.419 e. The van der Waals surface area contributed by atoms with Crippen molar-refractivity contribution in [3.63, 3.8) is 0 Å². The number of hydrogen-bond acceptors (Lipinski definition) is 8. The molecule has 0 bridgehead atoms. The molecule has 0 aliphatic rings. The number of carbonyl (C=O) groups excluding carboxylic acids is 2. The van der Waals surface area contributed by atoms with Crippen LogP contribution in [-0.2, 0) is 0 Å². The van der Waals surface area contributed by atoms with Crippen molar-refractivity contribution < 1.29 is 23.8 Å². The van der Waals surface area contributed by atoms with Gasteiger partial charge in [0.1, 0.15) is 28.2 Å². The Morgan fingerprint density at radius 1 is 1.03 bits per heavy atom. The van der Waals surface area contributed by atoms with Crippen molar-refractivity contribution in [3.05, 3.63) is 52.5 Å². The zero-order valence-corrected chi connectivity index (χ0v) is 18.7. The van der Waals surface area contributed by atoms with E-state index in [1.165, 1.54) is 38.9 Å². The minimum Gasteiger partial charge on any atom is -0.495 e. The Labute approximate surface area is 196 Å². The third-order valence-corrected chi connectivity index (χ3v) is 5.32. The molecule has 0 fully saturated rings. The van der Waals surface area contributed by atoms with E-state index in [9.17, 15) is 9.59 Å². The fourth-order valence-corrected chi connectivity index (χ4v) is 3.83. The van der Waals surface area contributed by atoms with E-state index in [4.69, 9.17) is 37.4 Å². The predicted octanol–water partition coefficient (Wildman–Crippen LogP) is 4.77. The van der Waals surface area contributed by atoms with Gasteiger partial charge in [0.25, 0.3) is 0 Å². The van der Waals surface area contributed by atoms with Crippen LogP contribution in [0.1, 0.15) is 10.5 Å². The predicted molar refractivity (Wildman–Crippen MR) is 122 cm³/mol. The summed E-state index contributed by atoms with van der Waals surface area (Å²) in [6.45, 7) is 0. The molecule has 2 heterocycles. The maximum atomic E-state index is 12.3. The summed E-state index contributed by atoms with van der Waals surface area (Å²) in [4.78, 5) is 38.3. The van der Waals surface area contributed by atoms with Crippen molar-refractivity contribution >= 4 is 52.6 Å². The molecule has 2 aromatic carbocycles. The number of nitrogens with one attached hydrogen (secondary N) is 2. The van der Waals surface area contributed by atoms with Gasteiger partial charge in [-0.05, 0) is 12.1 Å². The first kappa shape index (κ1) is 22.3. The quantitative estimate of drug-likeness (QED) is 0.372. The first-order chi connectivity index (χ1) is 16.0. The number of hydrogen-bond donors (Lipinski definition) is 2. The van der Waals surface area contributed by atoms with E-state index in [0.717, 1.165) is 0 Å². The van der Waals surface area contributed by atoms with Crippen LogP contribution in [0.5, 0.6) is 17.2 Å². The smallest absolute Gasteiger partial charge is 0.419 e. The highest BCUT2D eigenvalue weighted by Crippen LogP contribution is 2.47. The first-order valence-electron chi connectivity index (χ1n) is 9.30. The summed E-state index contributed by atoms with van der Waals surface area (Å²) >= 11 is 13.1. The monoisotopic (exact) mass is 487 g/mol. The van der Waals surface area contributed by atoms with Gasteiger partial charge >= 0.3 is 6.09 Å². The Balaban J connectivity index is 1.76. The maximum absolute atomic E-state index is 12.3. The number of halogens is 2. The highest BCUT2D eigenvalue weighted by atomic mass is 35.5. The van der Waals surface area contributed by atoms with E-state index >= 15 is 0 Å². The topological polar surface area (TPSA) is 128 Å². The summed E-state index contributed by atoms with van der Waals surface area (Å²) in [6, 6.07) is 4.75. The lowest BCUT2D eigenvalue weighted by molar-refractivity contribution is 0.111. The molecular weight excluding hydrogens is 473 g/mol. The largest absolute Gasteiger partial charge is 0.495 e. The summed E-state index contributed by atoms with van der Waals surface area (Å²) in [5.74, 6) is 0.898. The van der Waals surface area contributed by atoms with Gasteiger partial charge in [0.05, 0.1) is 24.3 Å². The van der Waals surface area contributed by atoms with Gasteiger partial charge in [0.15, 0.2) is 12.0 Å². The van der Waals surface area contributed by atoms with Gasteiger partial charge in [-0.25, -0.2) is 14.8 Å². The van der Waals surface area contributed by atoms with Gasteiger partial charge in [0, 0.05) is 35.8 Å². The second-order valence-corrected chi connectivity index (χ2v) is 7.21. The number of methoxy groups -OCH3 is 2. The van der Waals surface area contributed by atoms with Crippen LogP contribution in [0, 0.1) is 0 Å². The zero-order chi connectivity index (χ0) is 23.5. The number of aromatic amines is 1. The molecule has 0 radical (unpaired) electrons. The van der Waals surface area contributed by atoms with Crippen LogP contribution in [0.25, 0.3) is 22.2 Å². The Kier molecular flexibility index (Phi) is 6.29. The molecule has 0 atom stereocenters. The van der Waals surface area contributed by atoms with E-state index < -0.39 is 6.09 Å². The number of fused-ring (bicyclic) bond motifs is 1. The van der Waals surface area contributed by atoms with Crippen molar-refractivity contribution in [2.24, 2.45) is 0 Å². The minimum atomic E-state index is -0.847. The summed E-state index contributed by atoms with van der Waals surface area (Å²) in [7, 11) is 2.95. The highest BCUT2D eigenvalue weighted by Gasteiger charge is 2.22. The number of anilines is 1. The molecule has 4 aromatic rings. The summed E-state index contributed by atoms with van der Waals surface area (Å²) < 4.78 is 16.1. The average molecular weight is 488 g/mol.